The SMILES string of the molecule is CCc1cnccc1CC1CCCCN1. The third-order valence-electron chi connectivity index (χ3n) is 3.26. The Bertz CT molecular complexity index is 303. The van der Waals surface area contributed by atoms with Crippen LogP contribution >= 0.6 is 0 Å². The summed E-state index contributed by atoms with van der Waals surface area (Å²) in [5, 5.41) is 3.60. The van der Waals surface area contributed by atoms with E-state index >= 15 is 0 Å². The van der Waals surface area contributed by atoms with Crippen molar-refractivity contribution in [2.75, 3.05) is 6.54 Å². The first-order valence-corrected chi connectivity index (χ1v) is 6.05. The number of hydrogen-bond donors (Lipinski definition) is 1. The van der Waals surface area contributed by atoms with Gasteiger partial charge in [0.05, 0.1) is 0 Å². The van der Waals surface area contributed by atoms with Gasteiger partial charge in [0.15, 0.2) is 0 Å². The van der Waals surface area contributed by atoms with Crippen LogP contribution in [0.2, 0.25) is 0 Å². The Hall–Kier alpha value is -0.890. The Balaban J connectivity index is 2.02. The molecule has 2 rings (SSSR count). The first-order chi connectivity index (χ1) is 7.40. The summed E-state index contributed by atoms with van der Waals surface area (Å²) in [6, 6.07) is 2.86. The van der Waals surface area contributed by atoms with Gasteiger partial charge >= 0.3 is 0 Å². The van der Waals surface area contributed by atoms with E-state index in [-0.39, 0.29) is 0 Å². The molecular weight excluding hydrogens is 184 g/mol. The minimum absolute atomic E-state index is 0.687. The highest BCUT2D eigenvalue weighted by molar-refractivity contribution is 5.24. The Morgan fingerprint density at radius 1 is 1.40 bits per heavy atom. The van der Waals surface area contributed by atoms with Gasteiger partial charge in [-0.2, -0.15) is 0 Å². The zero-order chi connectivity index (χ0) is 10.5. The largest absolute Gasteiger partial charge is 0.314 e. The number of nitrogens with one attached hydrogen (secondary N) is 1. The lowest BCUT2D eigenvalue weighted by molar-refractivity contribution is 0.398. The Morgan fingerprint density at radius 3 is 3.07 bits per heavy atom. The van der Waals surface area contributed by atoms with E-state index in [1.165, 1.54) is 43.4 Å². The third kappa shape index (κ3) is 2.78. The summed E-state index contributed by atoms with van der Waals surface area (Å²) in [4.78, 5) is 4.19. The summed E-state index contributed by atoms with van der Waals surface area (Å²) in [7, 11) is 0. The van der Waals surface area contributed by atoms with E-state index in [4.69, 9.17) is 0 Å². The van der Waals surface area contributed by atoms with Gasteiger partial charge in [-0.1, -0.05) is 13.3 Å². The number of aromatic nitrogens is 1. The summed E-state index contributed by atoms with van der Waals surface area (Å²) < 4.78 is 0. The summed E-state index contributed by atoms with van der Waals surface area (Å²) in [5.74, 6) is 0. The van der Waals surface area contributed by atoms with Crippen LogP contribution in [0, 0.1) is 0 Å². The van der Waals surface area contributed by atoms with Gasteiger partial charge < -0.3 is 5.32 Å². The molecule has 0 aromatic carbocycles. The average molecular weight is 204 g/mol. The van der Waals surface area contributed by atoms with E-state index < -0.39 is 0 Å². The number of nitrogens with zero attached hydrogens (tertiary/aromatic N) is 1. The minimum atomic E-state index is 0.687. The second-order valence-corrected chi connectivity index (χ2v) is 4.35. The highest BCUT2D eigenvalue weighted by Crippen LogP contribution is 2.15. The van der Waals surface area contributed by atoms with Gasteiger partial charge in [0.2, 0.25) is 0 Å². The van der Waals surface area contributed by atoms with Crippen molar-refractivity contribution in [1.82, 2.24) is 10.3 Å². The smallest absolute Gasteiger partial charge is 0.0302 e. The molecule has 0 aliphatic carbocycles. The molecule has 1 N–H and O–H groups in total. The van der Waals surface area contributed by atoms with Crippen molar-refractivity contribution in [2.45, 2.75) is 45.1 Å². The lowest BCUT2D eigenvalue weighted by Gasteiger charge is -2.24. The Kier molecular flexibility index (Phi) is 3.73. The second kappa shape index (κ2) is 5.26. The van der Waals surface area contributed by atoms with Crippen molar-refractivity contribution < 1.29 is 0 Å². The molecular formula is C13H20N2. The average Bonchev–Trinajstić information content (AvgIpc) is 2.31. The summed E-state index contributed by atoms with van der Waals surface area (Å²) in [6.45, 7) is 3.39. The molecule has 82 valence electrons. The number of pyridine rings is 1. The summed E-state index contributed by atoms with van der Waals surface area (Å²) in [5.41, 5.74) is 2.89. The fraction of sp³-hybridized carbons (Fsp3) is 0.615. The highest BCUT2D eigenvalue weighted by atomic mass is 14.9. The van der Waals surface area contributed by atoms with Gasteiger partial charge in [0, 0.05) is 18.4 Å². The highest BCUT2D eigenvalue weighted by Gasteiger charge is 2.14. The Labute approximate surface area is 92.1 Å². The van der Waals surface area contributed by atoms with E-state index in [0.29, 0.717) is 6.04 Å². The maximum absolute atomic E-state index is 4.19. The second-order valence-electron chi connectivity index (χ2n) is 4.35. The standard InChI is InChI=1S/C13H20N2/c1-2-11-10-14-8-6-12(11)9-13-5-3-4-7-15-13/h6,8,10,13,15H,2-5,7,9H2,1H3. The molecule has 15 heavy (non-hydrogen) atoms. The van der Waals surface area contributed by atoms with Crippen LogP contribution in [0.15, 0.2) is 18.5 Å². The maximum Gasteiger partial charge on any atom is 0.0302 e. The van der Waals surface area contributed by atoms with Crippen molar-refractivity contribution in [3.8, 4) is 0 Å². The number of hydrogen-bond acceptors (Lipinski definition) is 2. The predicted octanol–water partition coefficient (Wildman–Crippen LogP) is 2.33. The monoisotopic (exact) mass is 204 g/mol. The van der Waals surface area contributed by atoms with Crippen molar-refractivity contribution in [3.63, 3.8) is 0 Å². The third-order valence-corrected chi connectivity index (χ3v) is 3.26. The molecule has 0 radical (unpaired) electrons. The molecule has 1 aliphatic rings. The molecule has 1 aromatic heterocycles. The zero-order valence-electron chi connectivity index (χ0n) is 9.50. The van der Waals surface area contributed by atoms with Crippen LogP contribution in [0.3, 0.4) is 0 Å². The van der Waals surface area contributed by atoms with Gasteiger partial charge in [-0.3, -0.25) is 4.98 Å². The quantitative estimate of drug-likeness (QED) is 0.817. The first-order valence-electron chi connectivity index (χ1n) is 6.05. The lowest BCUT2D eigenvalue weighted by atomic mass is 9.95. The molecule has 2 nitrogen and oxygen atoms in total. The zero-order valence-corrected chi connectivity index (χ0v) is 9.50. The molecule has 1 atom stereocenters. The molecule has 0 amide bonds. The molecule has 1 unspecified atom stereocenters. The van der Waals surface area contributed by atoms with Crippen molar-refractivity contribution in [3.05, 3.63) is 29.6 Å². The van der Waals surface area contributed by atoms with Gasteiger partial charge in [-0.05, 0) is 49.4 Å². The molecule has 2 heterocycles. The van der Waals surface area contributed by atoms with E-state index in [9.17, 15) is 0 Å². The maximum atomic E-state index is 4.19. The van der Waals surface area contributed by atoms with Gasteiger partial charge in [0.1, 0.15) is 0 Å². The van der Waals surface area contributed by atoms with E-state index in [1.54, 1.807) is 0 Å². The van der Waals surface area contributed by atoms with Crippen molar-refractivity contribution >= 4 is 0 Å². The van der Waals surface area contributed by atoms with Crippen LogP contribution in [-0.4, -0.2) is 17.6 Å². The van der Waals surface area contributed by atoms with Crippen molar-refractivity contribution in [2.24, 2.45) is 0 Å². The molecule has 1 aromatic rings. The topological polar surface area (TPSA) is 24.9 Å². The number of rotatable bonds is 3. The molecule has 2 heteroatoms. The van der Waals surface area contributed by atoms with Gasteiger partial charge in [-0.15, -0.1) is 0 Å². The summed E-state index contributed by atoms with van der Waals surface area (Å²) >= 11 is 0. The fourth-order valence-electron chi connectivity index (χ4n) is 2.34. The molecule has 1 fully saturated rings. The number of piperidine rings is 1. The van der Waals surface area contributed by atoms with Crippen LogP contribution in [-0.2, 0) is 12.8 Å². The van der Waals surface area contributed by atoms with Crippen LogP contribution in [0.5, 0.6) is 0 Å². The van der Waals surface area contributed by atoms with E-state index in [1.807, 2.05) is 12.4 Å². The van der Waals surface area contributed by atoms with Crippen LogP contribution < -0.4 is 5.32 Å². The molecule has 0 bridgehead atoms. The molecule has 1 aliphatic heterocycles. The number of aryl methyl sites for hydroxylation is 1. The van der Waals surface area contributed by atoms with Crippen LogP contribution in [0.25, 0.3) is 0 Å². The Morgan fingerprint density at radius 2 is 2.33 bits per heavy atom. The van der Waals surface area contributed by atoms with Crippen LogP contribution in [0.1, 0.15) is 37.3 Å². The predicted molar refractivity (Wildman–Crippen MR) is 63.0 cm³/mol. The lowest BCUT2D eigenvalue weighted by Crippen LogP contribution is -2.35. The van der Waals surface area contributed by atoms with Crippen LogP contribution in [0.4, 0.5) is 0 Å². The molecule has 1 saturated heterocycles. The fourth-order valence-corrected chi connectivity index (χ4v) is 2.34. The minimum Gasteiger partial charge on any atom is -0.314 e. The van der Waals surface area contributed by atoms with E-state index in [0.717, 1.165) is 6.42 Å². The molecule has 0 saturated carbocycles. The molecule has 0 spiro atoms. The van der Waals surface area contributed by atoms with Crippen molar-refractivity contribution in [1.29, 1.82) is 0 Å². The van der Waals surface area contributed by atoms with Gasteiger partial charge in [-0.25, -0.2) is 0 Å². The van der Waals surface area contributed by atoms with E-state index in [2.05, 4.69) is 23.3 Å². The normalized spacial score (nSPS) is 21.5. The van der Waals surface area contributed by atoms with Gasteiger partial charge in [0.25, 0.3) is 0 Å². The first kappa shape index (κ1) is 10.6. The summed E-state index contributed by atoms with van der Waals surface area (Å²) in [6.07, 6.45) is 10.2.